The monoisotopic (exact) mass is 174 g/mol. The predicted octanol–water partition coefficient (Wildman–Crippen LogP) is 3.98. The fraction of sp³-hybridized carbons (Fsp3) is 0.538. The van der Waals surface area contributed by atoms with Gasteiger partial charge in [-0.1, -0.05) is 50.1 Å². The highest BCUT2D eigenvalue weighted by molar-refractivity contribution is 5.25. The maximum atomic E-state index is 2.28. The summed E-state index contributed by atoms with van der Waals surface area (Å²) in [7, 11) is 0. The van der Waals surface area contributed by atoms with Crippen LogP contribution < -0.4 is 0 Å². The maximum Gasteiger partial charge on any atom is -0.0131 e. The summed E-state index contributed by atoms with van der Waals surface area (Å²) in [5, 5.41) is 0. The number of benzene rings is 1. The molecule has 1 saturated carbocycles. The van der Waals surface area contributed by atoms with E-state index in [1.807, 2.05) is 0 Å². The van der Waals surface area contributed by atoms with Gasteiger partial charge in [-0.15, -0.1) is 0 Å². The second kappa shape index (κ2) is 3.95. The van der Waals surface area contributed by atoms with Gasteiger partial charge in [0.1, 0.15) is 0 Å². The van der Waals surface area contributed by atoms with Gasteiger partial charge in [-0.3, -0.25) is 0 Å². The molecule has 70 valence electrons. The molecule has 0 unspecified atom stereocenters. The average Bonchev–Trinajstić information content (AvgIpc) is 2.95. The van der Waals surface area contributed by atoms with E-state index >= 15 is 0 Å². The molecule has 1 aliphatic rings. The summed E-state index contributed by atoms with van der Waals surface area (Å²) in [4.78, 5) is 0. The number of hydrogen-bond donors (Lipinski definition) is 0. The van der Waals surface area contributed by atoms with Gasteiger partial charge in [0.15, 0.2) is 0 Å². The van der Waals surface area contributed by atoms with Gasteiger partial charge in [0.25, 0.3) is 0 Å². The van der Waals surface area contributed by atoms with E-state index in [1.165, 1.54) is 25.7 Å². The first-order chi connectivity index (χ1) is 6.42. The second-order valence-electron chi connectivity index (χ2n) is 4.16. The van der Waals surface area contributed by atoms with Gasteiger partial charge in [-0.05, 0) is 30.2 Å². The zero-order chi connectivity index (χ0) is 9.10. The Bertz CT molecular complexity index is 250. The standard InChI is InChI=1S/C13H18/c1-2-3-7-12-10-13(12)11-8-5-4-6-9-11/h4-6,8-9,12-13H,2-3,7,10H2,1H3/t12-,13+/m0/s1. The summed E-state index contributed by atoms with van der Waals surface area (Å²) in [6.45, 7) is 2.28. The number of unbranched alkanes of at least 4 members (excludes halogenated alkanes) is 1. The van der Waals surface area contributed by atoms with Crippen molar-refractivity contribution in [2.45, 2.75) is 38.5 Å². The van der Waals surface area contributed by atoms with Gasteiger partial charge in [0.05, 0.1) is 0 Å². The molecule has 1 aromatic rings. The molecule has 0 amide bonds. The van der Waals surface area contributed by atoms with Crippen LogP contribution in [-0.4, -0.2) is 0 Å². The van der Waals surface area contributed by atoms with Crippen LogP contribution in [0.25, 0.3) is 0 Å². The van der Waals surface area contributed by atoms with Crippen molar-refractivity contribution >= 4 is 0 Å². The molecule has 2 rings (SSSR count). The third kappa shape index (κ3) is 2.12. The Morgan fingerprint density at radius 2 is 2.00 bits per heavy atom. The van der Waals surface area contributed by atoms with Crippen LogP contribution in [0.5, 0.6) is 0 Å². The van der Waals surface area contributed by atoms with Crippen LogP contribution in [-0.2, 0) is 0 Å². The van der Waals surface area contributed by atoms with Gasteiger partial charge in [0.2, 0.25) is 0 Å². The van der Waals surface area contributed by atoms with E-state index in [0.717, 1.165) is 11.8 Å². The molecule has 0 bridgehead atoms. The van der Waals surface area contributed by atoms with E-state index in [2.05, 4.69) is 37.3 Å². The van der Waals surface area contributed by atoms with E-state index in [9.17, 15) is 0 Å². The normalized spacial score (nSPS) is 25.9. The minimum atomic E-state index is 0.896. The van der Waals surface area contributed by atoms with Crippen molar-refractivity contribution in [3.8, 4) is 0 Å². The van der Waals surface area contributed by atoms with Crippen LogP contribution in [0, 0.1) is 5.92 Å². The molecule has 0 nitrogen and oxygen atoms in total. The molecule has 1 fully saturated rings. The molecule has 1 aromatic carbocycles. The molecule has 1 aliphatic carbocycles. The van der Waals surface area contributed by atoms with Gasteiger partial charge in [0, 0.05) is 0 Å². The van der Waals surface area contributed by atoms with Crippen molar-refractivity contribution in [3.63, 3.8) is 0 Å². The number of hydrogen-bond acceptors (Lipinski definition) is 0. The lowest BCUT2D eigenvalue weighted by Crippen LogP contribution is -1.83. The lowest BCUT2D eigenvalue weighted by atomic mass is 10.1. The topological polar surface area (TPSA) is 0 Å². The first-order valence-corrected chi connectivity index (χ1v) is 5.46. The van der Waals surface area contributed by atoms with Crippen molar-refractivity contribution in [2.75, 3.05) is 0 Å². The highest BCUT2D eigenvalue weighted by Crippen LogP contribution is 2.50. The Hall–Kier alpha value is -0.780. The highest BCUT2D eigenvalue weighted by atomic mass is 14.4. The Labute approximate surface area is 81.0 Å². The van der Waals surface area contributed by atoms with Crippen molar-refractivity contribution < 1.29 is 0 Å². The number of rotatable bonds is 4. The Morgan fingerprint density at radius 3 is 2.69 bits per heavy atom. The molecule has 13 heavy (non-hydrogen) atoms. The summed E-state index contributed by atoms with van der Waals surface area (Å²) < 4.78 is 0. The molecule has 2 atom stereocenters. The first kappa shape index (κ1) is 8.80. The van der Waals surface area contributed by atoms with Crippen LogP contribution >= 0.6 is 0 Å². The highest BCUT2D eigenvalue weighted by Gasteiger charge is 2.36. The third-order valence-corrected chi connectivity index (χ3v) is 3.08. The van der Waals surface area contributed by atoms with Crippen molar-refractivity contribution in [3.05, 3.63) is 35.9 Å². The third-order valence-electron chi connectivity index (χ3n) is 3.08. The van der Waals surface area contributed by atoms with Crippen LogP contribution in [0.15, 0.2) is 30.3 Å². The molecular weight excluding hydrogens is 156 g/mol. The maximum absolute atomic E-state index is 2.28. The van der Waals surface area contributed by atoms with E-state index < -0.39 is 0 Å². The molecule has 0 N–H and O–H groups in total. The zero-order valence-electron chi connectivity index (χ0n) is 8.37. The zero-order valence-corrected chi connectivity index (χ0v) is 8.37. The molecule has 0 aromatic heterocycles. The smallest absolute Gasteiger partial charge is 0.0131 e. The van der Waals surface area contributed by atoms with E-state index in [-0.39, 0.29) is 0 Å². The van der Waals surface area contributed by atoms with Crippen LogP contribution in [0.4, 0.5) is 0 Å². The molecule has 0 saturated heterocycles. The quantitative estimate of drug-likeness (QED) is 0.647. The second-order valence-corrected chi connectivity index (χ2v) is 4.16. The molecule has 0 aliphatic heterocycles. The van der Waals surface area contributed by atoms with Gasteiger partial charge >= 0.3 is 0 Å². The van der Waals surface area contributed by atoms with Crippen molar-refractivity contribution in [1.82, 2.24) is 0 Å². The van der Waals surface area contributed by atoms with Crippen molar-refractivity contribution in [1.29, 1.82) is 0 Å². The van der Waals surface area contributed by atoms with Gasteiger partial charge in [-0.25, -0.2) is 0 Å². The minimum absolute atomic E-state index is 0.896. The Morgan fingerprint density at radius 1 is 1.23 bits per heavy atom. The van der Waals surface area contributed by atoms with E-state index in [4.69, 9.17) is 0 Å². The molecule has 0 spiro atoms. The molecular formula is C13H18. The van der Waals surface area contributed by atoms with Crippen LogP contribution in [0.1, 0.15) is 44.1 Å². The predicted molar refractivity (Wildman–Crippen MR) is 56.8 cm³/mol. The summed E-state index contributed by atoms with van der Waals surface area (Å²) in [6, 6.07) is 11.0. The summed E-state index contributed by atoms with van der Waals surface area (Å²) in [5.74, 6) is 1.90. The summed E-state index contributed by atoms with van der Waals surface area (Å²) in [5.41, 5.74) is 1.56. The summed E-state index contributed by atoms with van der Waals surface area (Å²) >= 11 is 0. The SMILES string of the molecule is CCCC[C@H]1C[C@@H]1c1ccccc1. The first-order valence-electron chi connectivity index (χ1n) is 5.46. The summed E-state index contributed by atoms with van der Waals surface area (Å²) in [6.07, 6.45) is 5.63. The molecule has 0 heteroatoms. The molecule has 0 radical (unpaired) electrons. The molecule has 0 heterocycles. The largest absolute Gasteiger partial charge is 0.0654 e. The van der Waals surface area contributed by atoms with Gasteiger partial charge < -0.3 is 0 Å². The minimum Gasteiger partial charge on any atom is -0.0654 e. The Kier molecular flexibility index (Phi) is 2.68. The lowest BCUT2D eigenvalue weighted by molar-refractivity contribution is 0.640. The van der Waals surface area contributed by atoms with Crippen LogP contribution in [0.2, 0.25) is 0 Å². The van der Waals surface area contributed by atoms with Gasteiger partial charge in [-0.2, -0.15) is 0 Å². The average molecular weight is 174 g/mol. The fourth-order valence-corrected chi connectivity index (χ4v) is 2.14. The Balaban J connectivity index is 1.86. The fourth-order valence-electron chi connectivity index (χ4n) is 2.14. The lowest BCUT2D eigenvalue weighted by Gasteiger charge is -1.98. The van der Waals surface area contributed by atoms with Crippen molar-refractivity contribution in [2.24, 2.45) is 5.92 Å². The van der Waals surface area contributed by atoms with E-state index in [1.54, 1.807) is 5.56 Å². The van der Waals surface area contributed by atoms with Crippen LogP contribution in [0.3, 0.4) is 0 Å². The van der Waals surface area contributed by atoms with E-state index in [0.29, 0.717) is 0 Å².